The lowest BCUT2D eigenvalue weighted by Gasteiger charge is -2.31. The number of carbonyl (C=O) groups excluding carboxylic acids is 2. The maximum atomic E-state index is 12.8. The van der Waals surface area contributed by atoms with Crippen LogP contribution in [0.1, 0.15) is 35.2 Å². The first kappa shape index (κ1) is 17.1. The van der Waals surface area contributed by atoms with Gasteiger partial charge in [-0.15, -0.1) is 5.10 Å². The van der Waals surface area contributed by atoms with Crippen molar-refractivity contribution in [3.8, 4) is 5.69 Å². The molecule has 0 atom stereocenters. The van der Waals surface area contributed by atoms with E-state index in [9.17, 15) is 9.59 Å². The zero-order valence-corrected chi connectivity index (χ0v) is 14.4. The number of ether oxygens (including phenoxy) is 1. The Bertz CT molecular complexity index is 752. The van der Waals surface area contributed by atoms with Crippen molar-refractivity contribution in [3.63, 3.8) is 0 Å². The number of rotatable bonds is 4. The fourth-order valence-corrected chi connectivity index (χ4v) is 3.10. The summed E-state index contributed by atoms with van der Waals surface area (Å²) in [6.45, 7) is 3.24. The highest BCUT2D eigenvalue weighted by Gasteiger charge is 2.25. The summed E-state index contributed by atoms with van der Waals surface area (Å²) < 4.78 is 6.27. The molecule has 1 aliphatic heterocycles. The number of carbonyl (C=O) groups is 2. The highest BCUT2D eigenvalue weighted by Crippen LogP contribution is 2.23. The molecule has 2 heterocycles. The Labute approximate surface area is 145 Å². The monoisotopic (exact) mass is 343 g/mol. The van der Waals surface area contributed by atoms with Crippen molar-refractivity contribution < 1.29 is 14.3 Å². The summed E-state index contributed by atoms with van der Waals surface area (Å²) in [6.07, 6.45) is 3.56. The summed E-state index contributed by atoms with van der Waals surface area (Å²) in [5.74, 6) is 0.0894. The van der Waals surface area contributed by atoms with Crippen molar-refractivity contribution in [3.05, 3.63) is 35.7 Å². The van der Waals surface area contributed by atoms with Crippen LogP contribution in [-0.4, -0.2) is 57.2 Å². The predicted molar refractivity (Wildman–Crippen MR) is 89.2 cm³/mol. The first-order valence-corrected chi connectivity index (χ1v) is 8.28. The van der Waals surface area contributed by atoms with E-state index < -0.39 is 0 Å². The molecule has 3 rings (SSSR count). The van der Waals surface area contributed by atoms with Crippen molar-refractivity contribution in [1.29, 1.82) is 0 Å². The van der Waals surface area contributed by atoms with E-state index in [1.807, 2.05) is 30.0 Å². The number of hydrogen-bond donors (Lipinski definition) is 0. The molecule has 0 aliphatic carbocycles. The molecular weight excluding hydrogens is 322 g/mol. The van der Waals surface area contributed by atoms with Gasteiger partial charge in [0.05, 0.1) is 12.8 Å². The normalized spacial score (nSPS) is 15.2. The van der Waals surface area contributed by atoms with Crippen LogP contribution < -0.4 is 0 Å². The molecule has 1 aromatic carbocycles. The lowest BCUT2D eigenvalue weighted by Crippen LogP contribution is -2.39. The van der Waals surface area contributed by atoms with Gasteiger partial charge in [0.25, 0.3) is 5.91 Å². The van der Waals surface area contributed by atoms with Crippen LogP contribution in [0.25, 0.3) is 5.69 Å². The van der Waals surface area contributed by atoms with Crippen LogP contribution in [0, 0.1) is 12.8 Å². The van der Waals surface area contributed by atoms with E-state index in [1.165, 1.54) is 13.4 Å². The number of aryl methyl sites for hydroxylation is 1. The minimum absolute atomic E-state index is 0.00848. The van der Waals surface area contributed by atoms with Crippen LogP contribution >= 0.6 is 0 Å². The molecule has 0 radical (unpaired) electrons. The molecule has 8 nitrogen and oxygen atoms in total. The molecule has 25 heavy (non-hydrogen) atoms. The van der Waals surface area contributed by atoms with Gasteiger partial charge in [0, 0.05) is 25.1 Å². The maximum absolute atomic E-state index is 12.8. The molecule has 1 amide bonds. The molecule has 0 saturated carbocycles. The fourth-order valence-electron chi connectivity index (χ4n) is 3.10. The Kier molecular flexibility index (Phi) is 5.06. The number of esters is 1. The standard InChI is InChI=1S/C17H21N5O3/c1-12-3-4-14(10-15(12)22-11-18-19-20-22)17(24)21-7-5-13(6-8-21)9-16(23)25-2/h3-4,10-11,13H,5-9H2,1-2H3. The summed E-state index contributed by atoms with van der Waals surface area (Å²) in [5.41, 5.74) is 2.39. The van der Waals surface area contributed by atoms with Gasteiger partial charge < -0.3 is 9.64 Å². The quantitative estimate of drug-likeness (QED) is 0.779. The van der Waals surface area contributed by atoms with Crippen molar-refractivity contribution in [2.45, 2.75) is 26.2 Å². The maximum Gasteiger partial charge on any atom is 0.305 e. The molecule has 0 bridgehead atoms. The van der Waals surface area contributed by atoms with Crippen LogP contribution in [-0.2, 0) is 9.53 Å². The molecular formula is C17H21N5O3. The summed E-state index contributed by atoms with van der Waals surface area (Å²) in [5, 5.41) is 11.2. The number of methoxy groups -OCH3 is 1. The molecule has 1 aromatic heterocycles. The van der Waals surface area contributed by atoms with E-state index in [1.54, 1.807) is 4.68 Å². The molecule has 1 saturated heterocycles. The highest BCUT2D eigenvalue weighted by molar-refractivity contribution is 5.95. The average Bonchev–Trinajstić information content (AvgIpc) is 3.16. The third-order valence-corrected chi connectivity index (χ3v) is 4.64. The first-order chi connectivity index (χ1) is 12.1. The largest absolute Gasteiger partial charge is 0.469 e. The van der Waals surface area contributed by atoms with Crippen LogP contribution in [0.5, 0.6) is 0 Å². The SMILES string of the molecule is COC(=O)CC1CCN(C(=O)c2ccc(C)c(-n3cnnn3)c2)CC1. The second-order valence-corrected chi connectivity index (χ2v) is 6.27. The minimum atomic E-state index is -0.186. The Morgan fingerprint density at radius 2 is 2.04 bits per heavy atom. The number of tetrazole rings is 1. The molecule has 0 N–H and O–H groups in total. The van der Waals surface area contributed by atoms with E-state index in [4.69, 9.17) is 4.74 Å². The third-order valence-electron chi connectivity index (χ3n) is 4.64. The second-order valence-electron chi connectivity index (χ2n) is 6.27. The third kappa shape index (κ3) is 3.84. The second kappa shape index (κ2) is 7.42. The van der Waals surface area contributed by atoms with Crippen molar-refractivity contribution >= 4 is 11.9 Å². The zero-order valence-electron chi connectivity index (χ0n) is 14.4. The Hall–Kier alpha value is -2.77. The summed E-state index contributed by atoms with van der Waals surface area (Å²) in [6, 6.07) is 5.54. The number of nitrogens with zero attached hydrogens (tertiary/aromatic N) is 5. The number of piperidine rings is 1. The molecule has 2 aromatic rings. The predicted octanol–water partition coefficient (Wildman–Crippen LogP) is 1.39. The van der Waals surface area contributed by atoms with Gasteiger partial charge in [-0.3, -0.25) is 9.59 Å². The van der Waals surface area contributed by atoms with Crippen molar-refractivity contribution in [2.75, 3.05) is 20.2 Å². The lowest BCUT2D eigenvalue weighted by atomic mass is 9.93. The van der Waals surface area contributed by atoms with E-state index in [-0.39, 0.29) is 17.8 Å². The van der Waals surface area contributed by atoms with Gasteiger partial charge in [-0.25, -0.2) is 4.68 Å². The van der Waals surface area contributed by atoms with E-state index >= 15 is 0 Å². The summed E-state index contributed by atoms with van der Waals surface area (Å²) in [4.78, 5) is 26.0. The van der Waals surface area contributed by atoms with E-state index in [0.29, 0.717) is 25.1 Å². The van der Waals surface area contributed by atoms with Gasteiger partial charge in [-0.05, 0) is 53.8 Å². The van der Waals surface area contributed by atoms with Gasteiger partial charge in [0.2, 0.25) is 0 Å². The summed E-state index contributed by atoms with van der Waals surface area (Å²) in [7, 11) is 1.40. The van der Waals surface area contributed by atoms with Gasteiger partial charge in [-0.2, -0.15) is 0 Å². The Morgan fingerprint density at radius 1 is 1.28 bits per heavy atom. The topological polar surface area (TPSA) is 90.2 Å². The smallest absolute Gasteiger partial charge is 0.305 e. The van der Waals surface area contributed by atoms with Crippen LogP contribution in [0.4, 0.5) is 0 Å². The molecule has 132 valence electrons. The lowest BCUT2D eigenvalue weighted by molar-refractivity contribution is -0.142. The average molecular weight is 343 g/mol. The number of hydrogen-bond acceptors (Lipinski definition) is 6. The van der Waals surface area contributed by atoms with Crippen LogP contribution in [0.15, 0.2) is 24.5 Å². The number of benzene rings is 1. The number of amides is 1. The van der Waals surface area contributed by atoms with E-state index in [0.717, 1.165) is 24.1 Å². The van der Waals surface area contributed by atoms with Crippen LogP contribution in [0.2, 0.25) is 0 Å². The number of aromatic nitrogens is 4. The molecule has 1 fully saturated rings. The minimum Gasteiger partial charge on any atom is -0.469 e. The summed E-state index contributed by atoms with van der Waals surface area (Å²) >= 11 is 0. The Balaban J connectivity index is 1.68. The molecule has 8 heteroatoms. The highest BCUT2D eigenvalue weighted by atomic mass is 16.5. The fraction of sp³-hybridized carbons (Fsp3) is 0.471. The van der Waals surface area contributed by atoms with Gasteiger partial charge >= 0.3 is 5.97 Å². The van der Waals surface area contributed by atoms with Crippen molar-refractivity contribution in [2.24, 2.45) is 5.92 Å². The van der Waals surface area contributed by atoms with Gasteiger partial charge in [0.1, 0.15) is 6.33 Å². The van der Waals surface area contributed by atoms with Gasteiger partial charge in [-0.1, -0.05) is 6.07 Å². The van der Waals surface area contributed by atoms with Crippen molar-refractivity contribution in [1.82, 2.24) is 25.1 Å². The number of likely N-dealkylation sites (tertiary alicyclic amines) is 1. The first-order valence-electron chi connectivity index (χ1n) is 8.28. The van der Waals surface area contributed by atoms with E-state index in [2.05, 4.69) is 15.5 Å². The van der Waals surface area contributed by atoms with Gasteiger partial charge in [0.15, 0.2) is 0 Å². The molecule has 1 aliphatic rings. The Morgan fingerprint density at radius 3 is 2.68 bits per heavy atom. The molecule has 0 spiro atoms. The zero-order chi connectivity index (χ0) is 17.8. The molecule has 0 unspecified atom stereocenters. The van der Waals surface area contributed by atoms with Crippen LogP contribution in [0.3, 0.4) is 0 Å².